The van der Waals surface area contributed by atoms with Crippen molar-refractivity contribution in [2.45, 2.75) is 5.16 Å². The Bertz CT molecular complexity index is 1430. The van der Waals surface area contributed by atoms with E-state index in [9.17, 15) is 9.59 Å². The zero-order valence-corrected chi connectivity index (χ0v) is 21.4. The molecule has 2 N–H and O–H groups in total. The Kier molecular flexibility index (Phi) is 8.78. The van der Waals surface area contributed by atoms with Gasteiger partial charge < -0.3 is 9.84 Å². The third kappa shape index (κ3) is 7.10. The van der Waals surface area contributed by atoms with E-state index in [0.717, 1.165) is 11.3 Å². The molecule has 4 rings (SSSR count). The first kappa shape index (κ1) is 26.2. The molecule has 9 nitrogen and oxygen atoms in total. The minimum atomic E-state index is -1.09. The van der Waals surface area contributed by atoms with Gasteiger partial charge in [0, 0.05) is 26.9 Å². The topological polar surface area (TPSA) is 119 Å². The first-order valence-corrected chi connectivity index (χ1v) is 12.5. The average molecular weight is 556 g/mol. The monoisotopic (exact) mass is 555 g/mol. The number of rotatable bonds is 10. The Hall–Kier alpha value is -3.86. The summed E-state index contributed by atoms with van der Waals surface area (Å²) in [4.78, 5) is 23.2. The number of para-hydroxylation sites is 1. The number of halogens is 2. The van der Waals surface area contributed by atoms with Gasteiger partial charge in [0.15, 0.2) is 17.6 Å². The molecule has 1 amide bonds. The molecule has 12 heteroatoms. The number of hydrogen-bond donors (Lipinski definition) is 2. The zero-order chi connectivity index (χ0) is 26.2. The molecule has 0 aliphatic heterocycles. The van der Waals surface area contributed by atoms with Crippen LogP contribution in [0.4, 0.5) is 0 Å². The molecular weight excluding hydrogens is 537 g/mol. The van der Waals surface area contributed by atoms with Gasteiger partial charge in [-0.05, 0) is 60.7 Å². The van der Waals surface area contributed by atoms with Crippen LogP contribution in [0.25, 0.3) is 17.1 Å². The number of carbonyl (C=O) groups excluding carboxylic acids is 1. The Morgan fingerprint density at radius 3 is 2.38 bits per heavy atom. The molecule has 0 bridgehead atoms. The van der Waals surface area contributed by atoms with Crippen molar-refractivity contribution < 1.29 is 19.4 Å². The van der Waals surface area contributed by atoms with Crippen LogP contribution in [0.2, 0.25) is 10.0 Å². The van der Waals surface area contributed by atoms with Gasteiger partial charge in [-0.15, -0.1) is 10.2 Å². The maximum Gasteiger partial charge on any atom is 0.341 e. The summed E-state index contributed by atoms with van der Waals surface area (Å²) in [6.07, 6.45) is 1.38. The number of thioether (sulfide) groups is 1. The number of nitrogens with zero attached hydrogens (tertiary/aromatic N) is 4. The smallest absolute Gasteiger partial charge is 0.341 e. The standard InChI is InChI=1S/C25H19Cl2N5O4S/c26-18-7-5-16(6-8-18)24-30-31-25(32(24)20-11-9-19(27)10-12-20)37-15-22(33)29-28-13-17-3-1-2-4-21(17)36-14-23(34)35/h1-13H,14-15H2,(H,29,33)(H,34,35)/b28-13-. The summed E-state index contributed by atoms with van der Waals surface area (Å²) in [7, 11) is 0. The van der Waals surface area contributed by atoms with Crippen LogP contribution in [0.1, 0.15) is 5.56 Å². The summed E-state index contributed by atoms with van der Waals surface area (Å²) < 4.78 is 7.06. The maximum absolute atomic E-state index is 12.5. The molecule has 0 saturated heterocycles. The van der Waals surface area contributed by atoms with Crippen LogP contribution < -0.4 is 10.2 Å². The van der Waals surface area contributed by atoms with Crippen molar-refractivity contribution in [3.63, 3.8) is 0 Å². The Morgan fingerprint density at radius 1 is 1.00 bits per heavy atom. The molecule has 4 aromatic rings. The van der Waals surface area contributed by atoms with Crippen molar-refractivity contribution in [1.29, 1.82) is 0 Å². The number of hydrogen-bond acceptors (Lipinski definition) is 7. The normalized spacial score (nSPS) is 11.0. The summed E-state index contributed by atoms with van der Waals surface area (Å²) in [5.74, 6) is -0.534. The summed E-state index contributed by atoms with van der Waals surface area (Å²) in [6, 6.07) is 21.2. The largest absolute Gasteiger partial charge is 0.481 e. The van der Waals surface area contributed by atoms with Crippen LogP contribution in [-0.4, -0.2) is 50.3 Å². The van der Waals surface area contributed by atoms with E-state index in [-0.39, 0.29) is 11.7 Å². The first-order chi connectivity index (χ1) is 17.9. The lowest BCUT2D eigenvalue weighted by Gasteiger charge is -2.10. The van der Waals surface area contributed by atoms with E-state index in [4.69, 9.17) is 33.0 Å². The average Bonchev–Trinajstić information content (AvgIpc) is 3.31. The number of ether oxygens (including phenoxy) is 1. The SMILES string of the molecule is O=C(O)COc1ccccc1/C=N\NC(=O)CSc1nnc(-c2ccc(Cl)cc2)n1-c1ccc(Cl)cc1. The Balaban J connectivity index is 1.47. The van der Waals surface area contributed by atoms with Crippen molar-refractivity contribution >= 4 is 53.1 Å². The molecule has 0 radical (unpaired) electrons. The molecule has 0 aliphatic carbocycles. The van der Waals surface area contributed by atoms with Gasteiger partial charge in [0.25, 0.3) is 5.91 Å². The van der Waals surface area contributed by atoms with Crippen LogP contribution in [0, 0.1) is 0 Å². The van der Waals surface area contributed by atoms with Crippen LogP contribution in [0.5, 0.6) is 5.75 Å². The van der Waals surface area contributed by atoms with Crippen molar-refractivity contribution in [2.24, 2.45) is 5.10 Å². The van der Waals surface area contributed by atoms with Crippen molar-refractivity contribution in [3.05, 3.63) is 88.4 Å². The fraction of sp³-hybridized carbons (Fsp3) is 0.0800. The number of carboxylic acid groups (broad SMARTS) is 1. The number of carbonyl (C=O) groups is 2. The molecule has 1 heterocycles. The quantitative estimate of drug-likeness (QED) is 0.161. The van der Waals surface area contributed by atoms with Crippen LogP contribution in [-0.2, 0) is 9.59 Å². The van der Waals surface area contributed by atoms with Crippen molar-refractivity contribution in [1.82, 2.24) is 20.2 Å². The van der Waals surface area contributed by atoms with Crippen molar-refractivity contribution in [2.75, 3.05) is 12.4 Å². The molecule has 3 aromatic carbocycles. The lowest BCUT2D eigenvalue weighted by Crippen LogP contribution is -2.20. The lowest BCUT2D eigenvalue weighted by molar-refractivity contribution is -0.139. The van der Waals surface area contributed by atoms with Gasteiger partial charge in [0.2, 0.25) is 0 Å². The molecule has 188 valence electrons. The van der Waals surface area contributed by atoms with Crippen LogP contribution in [0.15, 0.2) is 83.1 Å². The highest BCUT2D eigenvalue weighted by Gasteiger charge is 2.17. The van der Waals surface area contributed by atoms with Crippen LogP contribution >= 0.6 is 35.0 Å². The number of nitrogens with one attached hydrogen (secondary N) is 1. The minimum absolute atomic E-state index is 0.0147. The maximum atomic E-state index is 12.5. The molecule has 0 atom stereocenters. The van der Waals surface area contributed by atoms with Gasteiger partial charge in [-0.3, -0.25) is 9.36 Å². The number of hydrazone groups is 1. The van der Waals surface area contributed by atoms with E-state index in [2.05, 4.69) is 20.7 Å². The first-order valence-electron chi connectivity index (χ1n) is 10.8. The number of amides is 1. The van der Waals surface area contributed by atoms with Gasteiger partial charge >= 0.3 is 5.97 Å². The molecular formula is C25H19Cl2N5O4S. The second-order valence-corrected chi connectivity index (χ2v) is 9.24. The predicted molar refractivity (Wildman–Crippen MR) is 143 cm³/mol. The highest BCUT2D eigenvalue weighted by molar-refractivity contribution is 7.99. The highest BCUT2D eigenvalue weighted by Crippen LogP contribution is 2.29. The zero-order valence-electron chi connectivity index (χ0n) is 19.0. The van der Waals surface area contributed by atoms with E-state index in [0.29, 0.717) is 32.3 Å². The number of aromatic nitrogens is 3. The fourth-order valence-electron chi connectivity index (χ4n) is 3.17. The lowest BCUT2D eigenvalue weighted by atomic mass is 10.2. The van der Waals surface area contributed by atoms with E-state index >= 15 is 0 Å². The fourth-order valence-corrected chi connectivity index (χ4v) is 4.16. The summed E-state index contributed by atoms with van der Waals surface area (Å²) >= 11 is 13.3. The molecule has 0 unspecified atom stereocenters. The molecule has 0 fully saturated rings. The van der Waals surface area contributed by atoms with Gasteiger partial charge in [0.1, 0.15) is 5.75 Å². The molecule has 0 spiro atoms. The van der Waals surface area contributed by atoms with E-state index in [1.54, 1.807) is 48.5 Å². The summed E-state index contributed by atoms with van der Waals surface area (Å²) in [5.41, 5.74) is 4.55. The second kappa shape index (κ2) is 12.4. The number of carboxylic acids is 1. The van der Waals surface area contributed by atoms with E-state index < -0.39 is 12.6 Å². The number of aliphatic carboxylic acids is 1. The van der Waals surface area contributed by atoms with Crippen molar-refractivity contribution in [3.8, 4) is 22.8 Å². The van der Waals surface area contributed by atoms with Gasteiger partial charge in [0.05, 0.1) is 12.0 Å². The van der Waals surface area contributed by atoms with Gasteiger partial charge in [-0.1, -0.05) is 47.1 Å². The second-order valence-electron chi connectivity index (χ2n) is 7.43. The van der Waals surface area contributed by atoms with Gasteiger partial charge in [-0.2, -0.15) is 5.10 Å². The number of benzene rings is 3. The van der Waals surface area contributed by atoms with E-state index in [1.165, 1.54) is 18.0 Å². The Morgan fingerprint density at radius 2 is 1.68 bits per heavy atom. The predicted octanol–water partition coefficient (Wildman–Crippen LogP) is 4.95. The third-order valence-corrected chi connectivity index (χ3v) is 6.25. The molecule has 37 heavy (non-hydrogen) atoms. The molecule has 0 aliphatic rings. The van der Waals surface area contributed by atoms with E-state index in [1.807, 2.05) is 28.8 Å². The molecule has 1 aromatic heterocycles. The summed E-state index contributed by atoms with van der Waals surface area (Å²) in [6.45, 7) is -0.486. The highest BCUT2D eigenvalue weighted by atomic mass is 35.5. The van der Waals surface area contributed by atoms with Gasteiger partial charge in [-0.25, -0.2) is 10.2 Å². The summed E-state index contributed by atoms with van der Waals surface area (Å²) in [5, 5.41) is 23.1. The van der Waals surface area contributed by atoms with Crippen LogP contribution in [0.3, 0.4) is 0 Å². The third-order valence-electron chi connectivity index (χ3n) is 4.82. The Labute approximate surface area is 226 Å². The molecule has 0 saturated carbocycles. The minimum Gasteiger partial charge on any atom is -0.481 e.